The van der Waals surface area contributed by atoms with E-state index in [4.69, 9.17) is 4.74 Å². The summed E-state index contributed by atoms with van der Waals surface area (Å²) >= 11 is 0. The number of hydrogen-bond acceptors (Lipinski definition) is 4. The summed E-state index contributed by atoms with van der Waals surface area (Å²) in [5.74, 6) is 0.921. The van der Waals surface area contributed by atoms with Crippen molar-refractivity contribution < 1.29 is 14.3 Å². The third-order valence-electron chi connectivity index (χ3n) is 8.12. The van der Waals surface area contributed by atoms with Gasteiger partial charge in [0, 0.05) is 39.3 Å². The van der Waals surface area contributed by atoms with Gasteiger partial charge in [-0.2, -0.15) is 5.10 Å². The Bertz CT molecular complexity index is 1070. The number of carbonyl (C=O) groups is 2. The number of hydrogen-bond donors (Lipinski definition) is 0. The molecule has 7 nitrogen and oxygen atoms in total. The fraction of sp³-hybridized carbons (Fsp3) is 0.645. The molecule has 1 fully saturated rings. The van der Waals surface area contributed by atoms with Gasteiger partial charge in [0.2, 0.25) is 5.91 Å². The second-order valence-corrected chi connectivity index (χ2v) is 11.1. The second kappa shape index (κ2) is 13.8. The van der Waals surface area contributed by atoms with Gasteiger partial charge in [-0.3, -0.25) is 14.3 Å². The highest BCUT2D eigenvalue weighted by molar-refractivity contribution is 5.97. The first kappa shape index (κ1) is 28.2. The molecule has 1 saturated carbocycles. The largest absolute Gasteiger partial charge is 0.487 e. The number of rotatable bonds is 5. The molecule has 1 aromatic heterocycles. The molecule has 2 atom stereocenters. The summed E-state index contributed by atoms with van der Waals surface area (Å²) in [6, 6.07) is 7.73. The summed E-state index contributed by atoms with van der Waals surface area (Å²) in [4.78, 5) is 31.5. The van der Waals surface area contributed by atoms with Crippen molar-refractivity contribution >= 4 is 11.8 Å². The van der Waals surface area contributed by atoms with Crippen LogP contribution in [0.2, 0.25) is 0 Å². The SMILES string of the molecule is CCCN1CCCCCCCN(C(=O)CCc2cn(C)nc2C)[C@@H]2CCCC[C@@H]2Oc2ccccc2C1=O. The Morgan fingerprint density at radius 1 is 1.03 bits per heavy atom. The number of ether oxygens (including phenoxy) is 1. The molecule has 38 heavy (non-hydrogen) atoms. The summed E-state index contributed by atoms with van der Waals surface area (Å²) in [6.07, 6.45) is 13.4. The van der Waals surface area contributed by atoms with Gasteiger partial charge in [-0.25, -0.2) is 0 Å². The molecule has 7 heteroatoms. The van der Waals surface area contributed by atoms with Crippen LogP contribution in [0.5, 0.6) is 5.75 Å². The standard InChI is InChI=1S/C31H46N4O3/c1-4-20-34-21-12-6-5-7-13-22-35(30(36)19-18-25-23-33(3)32-24(25)2)27-15-9-11-17-29(27)38-28-16-10-8-14-26(28)31(34)37/h8,10,14,16,23,27,29H,4-7,9,11-13,15,17-22H2,1-3H3/t27-,29+/m1/s1. The summed E-state index contributed by atoms with van der Waals surface area (Å²) < 4.78 is 8.51. The number of para-hydroxylation sites is 1. The maximum Gasteiger partial charge on any atom is 0.257 e. The lowest BCUT2D eigenvalue weighted by atomic mass is 9.90. The maximum absolute atomic E-state index is 13.7. The molecular weight excluding hydrogens is 476 g/mol. The summed E-state index contributed by atoms with van der Waals surface area (Å²) in [5, 5.41) is 4.45. The number of carbonyl (C=O) groups excluding carboxylic acids is 2. The van der Waals surface area contributed by atoms with Crippen LogP contribution in [0, 0.1) is 6.92 Å². The van der Waals surface area contributed by atoms with Gasteiger partial charge < -0.3 is 14.5 Å². The molecule has 0 bridgehead atoms. The second-order valence-electron chi connectivity index (χ2n) is 11.1. The van der Waals surface area contributed by atoms with Gasteiger partial charge in [-0.15, -0.1) is 0 Å². The lowest BCUT2D eigenvalue weighted by Crippen LogP contribution is -2.51. The molecule has 4 rings (SSSR count). The minimum atomic E-state index is -0.105. The summed E-state index contributed by atoms with van der Waals surface area (Å²) in [7, 11) is 1.93. The van der Waals surface area contributed by atoms with E-state index in [2.05, 4.69) is 16.9 Å². The Kier molecular flexibility index (Phi) is 10.2. The van der Waals surface area contributed by atoms with Gasteiger partial charge in [-0.1, -0.05) is 44.7 Å². The predicted molar refractivity (Wildman–Crippen MR) is 150 cm³/mol. The zero-order valence-corrected chi connectivity index (χ0v) is 23.7. The molecule has 1 aromatic carbocycles. The molecule has 0 saturated heterocycles. The zero-order valence-electron chi connectivity index (χ0n) is 23.7. The molecule has 2 heterocycles. The molecule has 0 unspecified atom stereocenters. The average Bonchev–Trinajstić information content (AvgIpc) is 3.24. The Balaban J connectivity index is 1.58. The van der Waals surface area contributed by atoms with Gasteiger partial charge in [0.25, 0.3) is 5.91 Å². The van der Waals surface area contributed by atoms with Crippen molar-refractivity contribution in [3.8, 4) is 5.75 Å². The summed E-state index contributed by atoms with van der Waals surface area (Å²) in [5.41, 5.74) is 2.78. The average molecular weight is 523 g/mol. The van der Waals surface area contributed by atoms with Crippen LogP contribution in [-0.2, 0) is 18.3 Å². The molecular formula is C31H46N4O3. The molecule has 0 N–H and O–H groups in total. The first-order chi connectivity index (χ1) is 18.5. The molecule has 2 aliphatic rings. The van der Waals surface area contributed by atoms with E-state index in [1.807, 2.05) is 54.0 Å². The van der Waals surface area contributed by atoms with Gasteiger partial charge >= 0.3 is 0 Å². The van der Waals surface area contributed by atoms with Crippen LogP contribution < -0.4 is 4.74 Å². The van der Waals surface area contributed by atoms with Crippen molar-refractivity contribution in [1.82, 2.24) is 19.6 Å². The fourth-order valence-corrected chi connectivity index (χ4v) is 6.11. The van der Waals surface area contributed by atoms with Crippen LogP contribution in [0.4, 0.5) is 0 Å². The molecule has 2 aromatic rings. The highest BCUT2D eigenvalue weighted by atomic mass is 16.5. The van der Waals surface area contributed by atoms with E-state index in [-0.39, 0.29) is 24.0 Å². The molecule has 208 valence electrons. The molecule has 1 aliphatic carbocycles. The first-order valence-electron chi connectivity index (χ1n) is 14.8. The Hall–Kier alpha value is -2.83. The minimum absolute atomic E-state index is 0.0336. The lowest BCUT2D eigenvalue weighted by Gasteiger charge is -2.40. The van der Waals surface area contributed by atoms with Crippen molar-refractivity contribution in [2.75, 3.05) is 19.6 Å². The normalized spacial score (nSPS) is 21.6. The van der Waals surface area contributed by atoms with E-state index in [0.29, 0.717) is 24.2 Å². The van der Waals surface area contributed by atoms with Crippen LogP contribution in [0.15, 0.2) is 30.5 Å². The Morgan fingerprint density at radius 2 is 1.76 bits per heavy atom. The van der Waals surface area contributed by atoms with Crippen LogP contribution in [0.3, 0.4) is 0 Å². The molecule has 0 spiro atoms. The van der Waals surface area contributed by atoms with Crippen molar-refractivity contribution in [1.29, 1.82) is 0 Å². The van der Waals surface area contributed by atoms with Gasteiger partial charge in [0.1, 0.15) is 11.9 Å². The van der Waals surface area contributed by atoms with Crippen LogP contribution >= 0.6 is 0 Å². The van der Waals surface area contributed by atoms with E-state index in [9.17, 15) is 9.59 Å². The third-order valence-corrected chi connectivity index (χ3v) is 8.12. The third kappa shape index (κ3) is 7.17. The monoisotopic (exact) mass is 522 g/mol. The fourth-order valence-electron chi connectivity index (χ4n) is 6.11. The number of aromatic nitrogens is 2. The van der Waals surface area contributed by atoms with E-state index >= 15 is 0 Å². The van der Waals surface area contributed by atoms with Gasteiger partial charge in [-0.05, 0) is 69.6 Å². The lowest BCUT2D eigenvalue weighted by molar-refractivity contribution is -0.136. The van der Waals surface area contributed by atoms with Crippen molar-refractivity contribution in [2.45, 2.75) is 103 Å². The summed E-state index contributed by atoms with van der Waals surface area (Å²) in [6.45, 7) is 6.45. The molecule has 2 amide bonds. The Labute approximate surface area is 228 Å². The van der Waals surface area contributed by atoms with E-state index < -0.39 is 0 Å². The maximum atomic E-state index is 13.7. The number of benzene rings is 1. The first-order valence-corrected chi connectivity index (χ1v) is 14.8. The smallest absolute Gasteiger partial charge is 0.257 e. The van der Waals surface area contributed by atoms with Gasteiger partial charge in [0.05, 0.1) is 17.3 Å². The number of amides is 2. The van der Waals surface area contributed by atoms with Crippen LogP contribution in [0.1, 0.15) is 99.2 Å². The van der Waals surface area contributed by atoms with E-state index in [1.165, 1.54) is 0 Å². The van der Waals surface area contributed by atoms with Crippen molar-refractivity contribution in [3.63, 3.8) is 0 Å². The highest BCUT2D eigenvalue weighted by Gasteiger charge is 2.35. The minimum Gasteiger partial charge on any atom is -0.487 e. The quantitative estimate of drug-likeness (QED) is 0.505. The van der Waals surface area contributed by atoms with E-state index in [0.717, 1.165) is 95.1 Å². The van der Waals surface area contributed by atoms with Gasteiger partial charge in [0.15, 0.2) is 0 Å². The van der Waals surface area contributed by atoms with E-state index in [1.54, 1.807) is 0 Å². The number of aryl methyl sites for hydroxylation is 3. The molecule has 0 radical (unpaired) electrons. The van der Waals surface area contributed by atoms with Crippen LogP contribution in [-0.4, -0.2) is 63.2 Å². The number of fused-ring (bicyclic) bond motifs is 2. The van der Waals surface area contributed by atoms with Crippen molar-refractivity contribution in [2.24, 2.45) is 7.05 Å². The zero-order chi connectivity index (χ0) is 26.9. The highest BCUT2D eigenvalue weighted by Crippen LogP contribution is 2.31. The van der Waals surface area contributed by atoms with Crippen molar-refractivity contribution in [3.05, 3.63) is 47.3 Å². The molecule has 1 aliphatic heterocycles. The van der Waals surface area contributed by atoms with Crippen LogP contribution in [0.25, 0.3) is 0 Å². The number of nitrogens with zero attached hydrogens (tertiary/aromatic N) is 4. The Morgan fingerprint density at radius 3 is 2.53 bits per heavy atom. The predicted octanol–water partition coefficient (Wildman–Crippen LogP) is 5.70. The topological polar surface area (TPSA) is 67.7 Å².